The van der Waals surface area contributed by atoms with E-state index in [1.807, 2.05) is 0 Å². The molecule has 0 aliphatic heterocycles. The normalized spacial score (nSPS) is 14.3. The van der Waals surface area contributed by atoms with Crippen LogP contribution < -0.4 is 10.2 Å². The number of aromatic nitrogens is 1. The quantitative estimate of drug-likeness (QED) is 0.498. The van der Waals surface area contributed by atoms with Gasteiger partial charge in [0, 0.05) is 23.7 Å². The first-order valence-electron chi connectivity index (χ1n) is 9.41. The highest BCUT2D eigenvalue weighted by atomic mass is 35.5. The molecule has 0 unspecified atom stereocenters. The minimum atomic E-state index is -0.602. The molecule has 1 amide bonds. The Morgan fingerprint density at radius 1 is 1.20 bits per heavy atom. The van der Waals surface area contributed by atoms with Crippen LogP contribution in [0.5, 0.6) is 5.75 Å². The van der Waals surface area contributed by atoms with Crippen molar-refractivity contribution in [2.75, 3.05) is 0 Å². The number of hydrogen-bond acceptors (Lipinski definition) is 6. The molecular weight excluding hydrogens is 406 g/mol. The highest BCUT2D eigenvalue weighted by Crippen LogP contribution is 2.30. The number of hydrogen-bond donors (Lipinski definition) is 1. The Bertz CT molecular complexity index is 1140. The first-order chi connectivity index (χ1) is 14.5. The number of aryl methyl sites for hydroxylation is 1. The van der Waals surface area contributed by atoms with E-state index >= 15 is 0 Å². The van der Waals surface area contributed by atoms with Gasteiger partial charge in [0.1, 0.15) is 11.5 Å². The van der Waals surface area contributed by atoms with Crippen LogP contribution in [0.2, 0.25) is 5.02 Å². The third-order valence-electron chi connectivity index (χ3n) is 4.77. The number of rotatable bonds is 4. The molecule has 1 aromatic carbocycles. The maximum atomic E-state index is 12.6. The number of pyridine rings is 1. The molecule has 2 aromatic heterocycles. The van der Waals surface area contributed by atoms with Gasteiger partial charge in [-0.1, -0.05) is 23.7 Å². The number of amides is 1. The average molecular weight is 424 g/mol. The predicted octanol–water partition coefficient (Wildman–Crippen LogP) is 4.33. The van der Waals surface area contributed by atoms with Crippen LogP contribution in [0.4, 0.5) is 0 Å². The summed E-state index contributed by atoms with van der Waals surface area (Å²) in [6.07, 6.45) is 5.15. The van der Waals surface area contributed by atoms with Crippen LogP contribution >= 0.6 is 11.6 Å². The predicted molar refractivity (Wildman–Crippen MR) is 111 cm³/mol. The topological polar surface area (TPSA) is 93.8 Å². The van der Waals surface area contributed by atoms with E-state index in [0.29, 0.717) is 46.2 Å². The molecule has 0 bridgehead atoms. The lowest BCUT2D eigenvalue weighted by Gasteiger charge is -2.13. The van der Waals surface area contributed by atoms with E-state index in [1.165, 1.54) is 6.20 Å². The maximum Gasteiger partial charge on any atom is 0.379 e. The van der Waals surface area contributed by atoms with E-state index in [4.69, 9.17) is 20.8 Å². The molecule has 2 heterocycles. The van der Waals surface area contributed by atoms with Crippen LogP contribution in [-0.2, 0) is 6.42 Å². The lowest BCUT2D eigenvalue weighted by molar-refractivity contribution is 0.0697. The zero-order valence-corrected chi connectivity index (χ0v) is 16.9. The van der Waals surface area contributed by atoms with Gasteiger partial charge >= 0.3 is 5.97 Å². The fraction of sp³-hybridized carbons (Fsp3) is 0.182. The fourth-order valence-corrected chi connectivity index (χ4v) is 3.58. The number of halogens is 1. The number of esters is 1. The van der Waals surface area contributed by atoms with Crippen LogP contribution in [0.25, 0.3) is 0 Å². The van der Waals surface area contributed by atoms with Gasteiger partial charge in [0.25, 0.3) is 5.91 Å². The minimum Gasteiger partial charge on any atom is -0.453 e. The SMILES string of the molecule is Cc1c(C(=O)Oc2cccnc2)oc2c1/C(=N/NC(=O)c1ccccc1Cl)CCC2. The molecule has 0 spiro atoms. The summed E-state index contributed by atoms with van der Waals surface area (Å²) in [5, 5.41) is 4.64. The first-order valence-corrected chi connectivity index (χ1v) is 9.78. The Morgan fingerprint density at radius 3 is 2.80 bits per heavy atom. The second-order valence-corrected chi connectivity index (χ2v) is 7.17. The van der Waals surface area contributed by atoms with Crippen LogP contribution in [0.3, 0.4) is 0 Å². The molecule has 4 rings (SSSR count). The molecule has 7 nitrogen and oxygen atoms in total. The summed E-state index contributed by atoms with van der Waals surface area (Å²) in [5.41, 5.74) is 4.91. The summed E-state index contributed by atoms with van der Waals surface area (Å²) < 4.78 is 11.1. The Hall–Kier alpha value is -3.45. The summed E-state index contributed by atoms with van der Waals surface area (Å²) in [6, 6.07) is 10.1. The van der Waals surface area contributed by atoms with Crippen molar-refractivity contribution in [3.63, 3.8) is 0 Å². The Labute approximate surface area is 177 Å². The minimum absolute atomic E-state index is 0.121. The van der Waals surface area contributed by atoms with E-state index in [-0.39, 0.29) is 5.76 Å². The second-order valence-electron chi connectivity index (χ2n) is 6.77. The molecule has 8 heteroatoms. The maximum absolute atomic E-state index is 12.6. The molecule has 1 aliphatic rings. The monoisotopic (exact) mass is 423 g/mol. The van der Waals surface area contributed by atoms with Crippen molar-refractivity contribution in [1.82, 2.24) is 10.4 Å². The summed E-state index contributed by atoms with van der Waals surface area (Å²) in [6.45, 7) is 1.78. The highest BCUT2D eigenvalue weighted by molar-refractivity contribution is 6.33. The third kappa shape index (κ3) is 3.97. The van der Waals surface area contributed by atoms with Gasteiger partial charge < -0.3 is 9.15 Å². The summed E-state index contributed by atoms with van der Waals surface area (Å²) in [7, 11) is 0. The summed E-state index contributed by atoms with van der Waals surface area (Å²) in [5.74, 6) is 0.0996. The molecule has 152 valence electrons. The van der Waals surface area contributed by atoms with Gasteiger partial charge in [-0.2, -0.15) is 5.10 Å². The summed E-state index contributed by atoms with van der Waals surface area (Å²) >= 11 is 6.07. The third-order valence-corrected chi connectivity index (χ3v) is 5.10. The number of ether oxygens (including phenoxy) is 1. The average Bonchev–Trinajstić information content (AvgIpc) is 3.10. The van der Waals surface area contributed by atoms with E-state index in [2.05, 4.69) is 15.5 Å². The van der Waals surface area contributed by atoms with Crippen LogP contribution in [0, 0.1) is 6.92 Å². The number of benzene rings is 1. The van der Waals surface area contributed by atoms with Crippen molar-refractivity contribution in [3.8, 4) is 5.75 Å². The first kappa shape index (κ1) is 19.8. The zero-order valence-electron chi connectivity index (χ0n) is 16.1. The molecule has 0 saturated carbocycles. The Kier molecular flexibility index (Phi) is 5.63. The van der Waals surface area contributed by atoms with Crippen LogP contribution in [-0.4, -0.2) is 22.6 Å². The van der Waals surface area contributed by atoms with E-state index in [9.17, 15) is 9.59 Å². The van der Waals surface area contributed by atoms with Gasteiger partial charge in [-0.3, -0.25) is 9.78 Å². The fourth-order valence-electron chi connectivity index (χ4n) is 3.36. The Balaban J connectivity index is 1.58. The molecule has 1 aliphatic carbocycles. The molecule has 0 fully saturated rings. The second kappa shape index (κ2) is 8.51. The van der Waals surface area contributed by atoms with E-state index in [0.717, 1.165) is 12.0 Å². The molecule has 1 N–H and O–H groups in total. The molecular formula is C22H18ClN3O4. The number of nitrogens with zero attached hydrogens (tertiary/aromatic N) is 2. The summed E-state index contributed by atoms with van der Waals surface area (Å²) in [4.78, 5) is 28.9. The van der Waals surface area contributed by atoms with Gasteiger partial charge in [-0.05, 0) is 44.0 Å². The van der Waals surface area contributed by atoms with Gasteiger partial charge in [0.15, 0.2) is 0 Å². The Morgan fingerprint density at radius 2 is 2.03 bits per heavy atom. The molecule has 0 atom stereocenters. The number of hydrazone groups is 1. The zero-order chi connectivity index (χ0) is 21.1. The van der Waals surface area contributed by atoms with E-state index in [1.54, 1.807) is 49.5 Å². The van der Waals surface area contributed by atoms with Crippen molar-refractivity contribution >= 4 is 29.2 Å². The number of carbonyl (C=O) groups excluding carboxylic acids is 2. The lowest BCUT2D eigenvalue weighted by Crippen LogP contribution is -2.22. The molecule has 0 saturated heterocycles. The molecule has 0 radical (unpaired) electrons. The van der Waals surface area contributed by atoms with Crippen molar-refractivity contribution in [2.45, 2.75) is 26.2 Å². The van der Waals surface area contributed by atoms with Crippen molar-refractivity contribution < 1.29 is 18.7 Å². The number of furan rings is 1. The van der Waals surface area contributed by atoms with Crippen molar-refractivity contribution in [2.24, 2.45) is 5.10 Å². The highest BCUT2D eigenvalue weighted by Gasteiger charge is 2.29. The van der Waals surface area contributed by atoms with Gasteiger partial charge in [-0.25, -0.2) is 10.2 Å². The van der Waals surface area contributed by atoms with Gasteiger partial charge in [0.05, 0.1) is 22.5 Å². The van der Waals surface area contributed by atoms with Crippen LogP contribution in [0.1, 0.15) is 50.6 Å². The largest absolute Gasteiger partial charge is 0.453 e. The molecule has 3 aromatic rings. The van der Waals surface area contributed by atoms with Crippen LogP contribution in [0.15, 0.2) is 58.3 Å². The smallest absolute Gasteiger partial charge is 0.379 e. The van der Waals surface area contributed by atoms with Crippen molar-refractivity contribution in [1.29, 1.82) is 0 Å². The van der Waals surface area contributed by atoms with Gasteiger partial charge in [0.2, 0.25) is 5.76 Å². The number of fused-ring (bicyclic) bond motifs is 1. The number of carbonyl (C=O) groups is 2. The number of nitrogens with one attached hydrogen (secondary N) is 1. The van der Waals surface area contributed by atoms with E-state index < -0.39 is 11.9 Å². The molecule has 30 heavy (non-hydrogen) atoms. The van der Waals surface area contributed by atoms with Gasteiger partial charge in [-0.15, -0.1) is 0 Å². The lowest BCUT2D eigenvalue weighted by atomic mass is 9.93. The standard InChI is InChI=1S/C22H18ClN3O4/c1-13-19-17(25-26-21(27)15-7-2-3-8-16(15)23)9-4-10-18(19)30-20(13)22(28)29-14-6-5-11-24-12-14/h2-3,5-8,11-12H,4,9-10H2,1H3,(H,26,27)/b25-17+. The van der Waals surface area contributed by atoms with Crippen molar-refractivity contribution in [3.05, 3.63) is 82.0 Å².